The van der Waals surface area contributed by atoms with Crippen LogP contribution in [0.4, 0.5) is 8.78 Å². The van der Waals surface area contributed by atoms with Crippen LogP contribution in [0.25, 0.3) is 0 Å². The van der Waals surface area contributed by atoms with Crippen molar-refractivity contribution in [2.24, 2.45) is 0 Å². The molecule has 0 fully saturated rings. The van der Waals surface area contributed by atoms with Crippen molar-refractivity contribution in [3.8, 4) is 0 Å². The maximum atomic E-state index is 13.4. The van der Waals surface area contributed by atoms with Gasteiger partial charge in [0.2, 0.25) is 0 Å². The first-order valence-electron chi connectivity index (χ1n) is 5.91. The fourth-order valence-electron chi connectivity index (χ4n) is 1.73. The van der Waals surface area contributed by atoms with Crippen LogP contribution in [0, 0.1) is 11.6 Å². The van der Waals surface area contributed by atoms with Gasteiger partial charge in [0, 0.05) is 13.2 Å². The average Bonchev–Trinajstić information content (AvgIpc) is 2.93. The van der Waals surface area contributed by atoms with Gasteiger partial charge in [-0.1, -0.05) is 0 Å². The van der Waals surface area contributed by atoms with Crippen LogP contribution < -0.4 is 5.32 Å². The molecule has 1 aromatic heterocycles. The molecule has 0 aliphatic carbocycles. The predicted octanol–water partition coefficient (Wildman–Crippen LogP) is 2.68. The van der Waals surface area contributed by atoms with Crippen molar-refractivity contribution < 1.29 is 22.7 Å². The number of ether oxygens (including phenoxy) is 1. The maximum Gasteiger partial charge on any atom is 0.254 e. The number of nitrogens with one attached hydrogen (secondary N) is 1. The zero-order chi connectivity index (χ0) is 14.5. The number of carbonyl (C=O) groups excluding carboxylic acids is 1. The van der Waals surface area contributed by atoms with Crippen molar-refractivity contribution in [2.45, 2.75) is 6.10 Å². The molecule has 2 rings (SSSR count). The predicted molar refractivity (Wildman–Crippen MR) is 67.1 cm³/mol. The van der Waals surface area contributed by atoms with E-state index in [1.54, 1.807) is 12.1 Å². The standard InChI is InChI=1S/C14H13F2NO3/c1-19-13(12-3-2-6-20-12)8-17-14(18)10-5-4-9(15)7-11(10)16/h2-7,13H,8H2,1H3,(H,17,18). The highest BCUT2D eigenvalue weighted by atomic mass is 19.1. The van der Waals surface area contributed by atoms with Crippen LogP contribution in [0.3, 0.4) is 0 Å². The summed E-state index contributed by atoms with van der Waals surface area (Å²) in [6.07, 6.45) is 1.01. The van der Waals surface area contributed by atoms with E-state index in [4.69, 9.17) is 9.15 Å². The second-order valence-electron chi connectivity index (χ2n) is 4.07. The molecular weight excluding hydrogens is 268 g/mol. The largest absolute Gasteiger partial charge is 0.467 e. The number of benzene rings is 1. The Kier molecular flexibility index (Phi) is 4.47. The lowest BCUT2D eigenvalue weighted by molar-refractivity contribution is 0.0736. The van der Waals surface area contributed by atoms with Gasteiger partial charge in [-0.25, -0.2) is 8.78 Å². The molecule has 0 aliphatic heterocycles. The molecule has 20 heavy (non-hydrogen) atoms. The number of amides is 1. The Balaban J connectivity index is 2.01. The Morgan fingerprint density at radius 3 is 2.80 bits per heavy atom. The molecular formula is C14H13F2NO3. The number of furan rings is 1. The maximum absolute atomic E-state index is 13.4. The van der Waals surface area contributed by atoms with E-state index in [2.05, 4.69) is 5.32 Å². The lowest BCUT2D eigenvalue weighted by Crippen LogP contribution is -2.29. The molecule has 0 bridgehead atoms. The van der Waals surface area contributed by atoms with E-state index in [9.17, 15) is 13.6 Å². The van der Waals surface area contributed by atoms with Gasteiger partial charge in [0.15, 0.2) is 0 Å². The van der Waals surface area contributed by atoms with E-state index in [1.165, 1.54) is 13.4 Å². The van der Waals surface area contributed by atoms with Crippen LogP contribution in [-0.4, -0.2) is 19.6 Å². The summed E-state index contributed by atoms with van der Waals surface area (Å²) < 4.78 is 36.5. The summed E-state index contributed by atoms with van der Waals surface area (Å²) in [5.74, 6) is -1.73. The smallest absolute Gasteiger partial charge is 0.254 e. The lowest BCUT2D eigenvalue weighted by Gasteiger charge is -2.14. The Morgan fingerprint density at radius 2 is 2.20 bits per heavy atom. The monoisotopic (exact) mass is 281 g/mol. The second kappa shape index (κ2) is 6.29. The molecule has 1 unspecified atom stereocenters. The SMILES string of the molecule is COC(CNC(=O)c1ccc(F)cc1F)c1ccco1. The minimum absolute atomic E-state index is 0.111. The summed E-state index contributed by atoms with van der Waals surface area (Å²) in [5, 5.41) is 2.51. The molecule has 106 valence electrons. The zero-order valence-electron chi connectivity index (χ0n) is 10.7. The Bertz CT molecular complexity index is 584. The van der Waals surface area contributed by atoms with Crippen LogP contribution in [0.15, 0.2) is 41.0 Å². The fraction of sp³-hybridized carbons (Fsp3) is 0.214. The van der Waals surface area contributed by atoms with Gasteiger partial charge in [0.25, 0.3) is 5.91 Å². The molecule has 1 heterocycles. The van der Waals surface area contributed by atoms with Gasteiger partial charge >= 0.3 is 0 Å². The number of rotatable bonds is 5. The number of hydrogen-bond acceptors (Lipinski definition) is 3. The number of halogens is 2. The highest BCUT2D eigenvalue weighted by Gasteiger charge is 2.17. The van der Waals surface area contributed by atoms with Crippen molar-refractivity contribution in [3.05, 3.63) is 59.6 Å². The first-order valence-corrected chi connectivity index (χ1v) is 5.91. The molecule has 1 N–H and O–H groups in total. The molecule has 0 aliphatic rings. The third kappa shape index (κ3) is 3.21. The van der Waals surface area contributed by atoms with Crippen molar-refractivity contribution in [1.82, 2.24) is 5.32 Å². The molecule has 1 amide bonds. The Morgan fingerprint density at radius 1 is 1.40 bits per heavy atom. The summed E-state index contributed by atoms with van der Waals surface area (Å²) in [6.45, 7) is 0.111. The van der Waals surface area contributed by atoms with Gasteiger partial charge in [-0.15, -0.1) is 0 Å². The van der Waals surface area contributed by atoms with Gasteiger partial charge in [0.1, 0.15) is 23.5 Å². The lowest BCUT2D eigenvalue weighted by atomic mass is 10.2. The van der Waals surface area contributed by atoms with Crippen LogP contribution in [0.2, 0.25) is 0 Å². The van der Waals surface area contributed by atoms with Crippen LogP contribution in [0.5, 0.6) is 0 Å². The van der Waals surface area contributed by atoms with Gasteiger partial charge in [-0.2, -0.15) is 0 Å². The number of carbonyl (C=O) groups is 1. The second-order valence-corrected chi connectivity index (χ2v) is 4.07. The highest BCUT2D eigenvalue weighted by molar-refractivity contribution is 5.94. The van der Waals surface area contributed by atoms with Gasteiger partial charge in [-0.05, 0) is 24.3 Å². The van der Waals surface area contributed by atoms with E-state index >= 15 is 0 Å². The van der Waals surface area contributed by atoms with Gasteiger partial charge in [-0.3, -0.25) is 4.79 Å². The van der Waals surface area contributed by atoms with Crippen molar-refractivity contribution in [2.75, 3.05) is 13.7 Å². The molecule has 0 saturated heterocycles. The van der Waals surface area contributed by atoms with Gasteiger partial charge < -0.3 is 14.5 Å². The zero-order valence-corrected chi connectivity index (χ0v) is 10.7. The van der Waals surface area contributed by atoms with Gasteiger partial charge in [0.05, 0.1) is 18.4 Å². The highest BCUT2D eigenvalue weighted by Crippen LogP contribution is 2.16. The van der Waals surface area contributed by atoms with E-state index in [0.29, 0.717) is 11.8 Å². The summed E-state index contributed by atoms with van der Waals surface area (Å²) >= 11 is 0. The third-order valence-corrected chi connectivity index (χ3v) is 2.77. The Labute approximate surface area is 114 Å². The van der Waals surface area contributed by atoms with Crippen LogP contribution in [0.1, 0.15) is 22.2 Å². The quantitative estimate of drug-likeness (QED) is 0.916. The molecule has 0 saturated carbocycles. The first kappa shape index (κ1) is 14.2. The molecule has 0 spiro atoms. The van der Waals surface area contributed by atoms with E-state index < -0.39 is 23.6 Å². The topological polar surface area (TPSA) is 51.5 Å². The first-order chi connectivity index (χ1) is 9.61. The molecule has 2 aromatic rings. The minimum atomic E-state index is -0.908. The minimum Gasteiger partial charge on any atom is -0.467 e. The van der Waals surface area contributed by atoms with Crippen LogP contribution in [-0.2, 0) is 4.74 Å². The summed E-state index contributed by atoms with van der Waals surface area (Å²) in [4.78, 5) is 11.8. The summed E-state index contributed by atoms with van der Waals surface area (Å²) in [5.41, 5.74) is -0.222. The molecule has 1 atom stereocenters. The summed E-state index contributed by atoms with van der Waals surface area (Å²) in [6, 6.07) is 6.18. The molecule has 6 heteroatoms. The van der Waals surface area contributed by atoms with Crippen LogP contribution >= 0.6 is 0 Å². The normalized spacial score (nSPS) is 12.2. The van der Waals surface area contributed by atoms with Crippen molar-refractivity contribution in [3.63, 3.8) is 0 Å². The fourth-order valence-corrected chi connectivity index (χ4v) is 1.73. The van der Waals surface area contributed by atoms with E-state index in [0.717, 1.165) is 12.1 Å². The van der Waals surface area contributed by atoms with E-state index in [-0.39, 0.29) is 12.1 Å². The van der Waals surface area contributed by atoms with Crippen molar-refractivity contribution >= 4 is 5.91 Å². The number of hydrogen-bond donors (Lipinski definition) is 1. The molecule has 0 radical (unpaired) electrons. The third-order valence-electron chi connectivity index (χ3n) is 2.77. The summed E-state index contributed by atoms with van der Waals surface area (Å²) in [7, 11) is 1.47. The molecule has 4 nitrogen and oxygen atoms in total. The average molecular weight is 281 g/mol. The molecule has 1 aromatic carbocycles. The van der Waals surface area contributed by atoms with E-state index in [1.807, 2.05) is 0 Å². The van der Waals surface area contributed by atoms with Crippen molar-refractivity contribution in [1.29, 1.82) is 0 Å². The number of methoxy groups -OCH3 is 1. The Hall–Kier alpha value is -2.21.